The summed E-state index contributed by atoms with van der Waals surface area (Å²) in [5, 5.41) is 5.54. The molecule has 2 aromatic carbocycles. The van der Waals surface area contributed by atoms with Gasteiger partial charge < -0.3 is 10.6 Å². The van der Waals surface area contributed by atoms with Crippen LogP contribution in [0.4, 0.5) is 4.79 Å². The molecule has 0 fully saturated rings. The summed E-state index contributed by atoms with van der Waals surface area (Å²) in [6.45, 7) is 2.67. The quantitative estimate of drug-likeness (QED) is 0.823. The Morgan fingerprint density at radius 1 is 1.18 bits per heavy atom. The smallest absolute Gasteiger partial charge is 0.318 e. The molecule has 0 aromatic heterocycles. The van der Waals surface area contributed by atoms with Gasteiger partial charge in [-0.15, -0.1) is 0 Å². The molecule has 0 radical (unpaired) electrons. The Labute approximate surface area is 139 Å². The van der Waals surface area contributed by atoms with E-state index < -0.39 is 0 Å². The molecule has 0 aliphatic rings. The third-order valence-corrected chi connectivity index (χ3v) is 3.89. The molecule has 0 saturated heterocycles. The van der Waals surface area contributed by atoms with Gasteiger partial charge in [0.2, 0.25) is 0 Å². The Kier molecular flexibility index (Phi) is 6.22. The van der Waals surface area contributed by atoms with Gasteiger partial charge in [0.1, 0.15) is 0 Å². The molecule has 0 aliphatic heterocycles. The van der Waals surface area contributed by atoms with Crippen LogP contribution in [-0.2, 0) is 6.42 Å². The van der Waals surface area contributed by atoms with Crippen molar-refractivity contribution in [2.24, 2.45) is 0 Å². The molecule has 4 heteroatoms. The summed E-state index contributed by atoms with van der Waals surface area (Å²) in [7, 11) is 0. The van der Waals surface area contributed by atoms with Crippen LogP contribution in [0.5, 0.6) is 0 Å². The fraction of sp³-hybridized carbons (Fsp3) is 0.167. The number of halogens is 1. The van der Waals surface area contributed by atoms with E-state index in [1.54, 1.807) is 6.20 Å². The van der Waals surface area contributed by atoms with Gasteiger partial charge in [-0.25, -0.2) is 4.79 Å². The normalized spacial score (nSPS) is 10.6. The molecule has 3 nitrogen and oxygen atoms in total. The van der Waals surface area contributed by atoms with E-state index >= 15 is 0 Å². The lowest BCUT2D eigenvalue weighted by molar-refractivity contribution is 0.244. The zero-order valence-corrected chi connectivity index (χ0v) is 14.1. The number of carbonyl (C=O) groups excluding carboxylic acids is 1. The van der Waals surface area contributed by atoms with Gasteiger partial charge in [0.05, 0.1) is 0 Å². The van der Waals surface area contributed by atoms with Crippen LogP contribution in [0, 0.1) is 6.92 Å². The van der Waals surface area contributed by atoms with Crippen LogP contribution in [0.15, 0.2) is 59.2 Å². The third-order valence-electron chi connectivity index (χ3n) is 3.16. The fourth-order valence-corrected chi connectivity index (χ4v) is 2.47. The second-order valence-electron chi connectivity index (χ2n) is 4.99. The Balaban J connectivity index is 1.73. The van der Waals surface area contributed by atoms with Gasteiger partial charge in [0.25, 0.3) is 0 Å². The van der Waals surface area contributed by atoms with Gasteiger partial charge in [0.15, 0.2) is 0 Å². The van der Waals surface area contributed by atoms with E-state index in [4.69, 9.17) is 0 Å². The summed E-state index contributed by atoms with van der Waals surface area (Å²) in [4.78, 5) is 11.7. The van der Waals surface area contributed by atoms with E-state index in [2.05, 4.69) is 51.7 Å². The standard InChI is InChI=1S/C18H19BrN2O/c1-14-5-4-6-15(13-14)9-11-20-18(22)21-12-10-16-7-2-3-8-17(16)19/h2-8,10,12-13H,9,11H2,1H3,(H2,20,21,22)/b12-10+. The lowest BCUT2D eigenvalue weighted by Crippen LogP contribution is -2.33. The second-order valence-corrected chi connectivity index (χ2v) is 5.85. The first kappa shape index (κ1) is 16.3. The first-order valence-electron chi connectivity index (χ1n) is 7.16. The van der Waals surface area contributed by atoms with Crippen molar-refractivity contribution < 1.29 is 4.79 Å². The van der Waals surface area contributed by atoms with Gasteiger partial charge in [-0.2, -0.15) is 0 Å². The van der Waals surface area contributed by atoms with Crippen LogP contribution >= 0.6 is 15.9 Å². The minimum atomic E-state index is -0.198. The number of amides is 2. The highest BCUT2D eigenvalue weighted by Gasteiger charge is 1.98. The van der Waals surface area contributed by atoms with Gasteiger partial charge in [-0.05, 0) is 36.6 Å². The Bertz CT molecular complexity index is 668. The van der Waals surface area contributed by atoms with Crippen molar-refractivity contribution in [1.29, 1.82) is 0 Å². The summed E-state index contributed by atoms with van der Waals surface area (Å²) in [5.41, 5.74) is 3.48. The number of urea groups is 1. The molecule has 0 atom stereocenters. The molecule has 114 valence electrons. The lowest BCUT2D eigenvalue weighted by Gasteiger charge is -2.05. The van der Waals surface area contributed by atoms with Crippen LogP contribution in [0.2, 0.25) is 0 Å². The average molecular weight is 359 g/mol. The van der Waals surface area contributed by atoms with Crippen molar-refractivity contribution in [2.45, 2.75) is 13.3 Å². The molecule has 0 saturated carbocycles. The lowest BCUT2D eigenvalue weighted by atomic mass is 10.1. The van der Waals surface area contributed by atoms with Crippen molar-refractivity contribution in [3.8, 4) is 0 Å². The van der Waals surface area contributed by atoms with E-state index in [0.717, 1.165) is 16.5 Å². The van der Waals surface area contributed by atoms with E-state index in [9.17, 15) is 4.79 Å². The molecule has 2 rings (SSSR count). The van der Waals surface area contributed by atoms with Gasteiger partial charge in [-0.3, -0.25) is 0 Å². The highest BCUT2D eigenvalue weighted by molar-refractivity contribution is 9.10. The molecule has 0 aliphatic carbocycles. The SMILES string of the molecule is Cc1cccc(CCNC(=O)N/C=C/c2ccccc2Br)c1. The summed E-state index contributed by atoms with van der Waals surface area (Å²) >= 11 is 3.46. The number of hydrogen-bond acceptors (Lipinski definition) is 1. The minimum absolute atomic E-state index is 0.198. The topological polar surface area (TPSA) is 41.1 Å². The van der Waals surface area contributed by atoms with Crippen molar-refractivity contribution >= 4 is 28.0 Å². The monoisotopic (exact) mass is 358 g/mol. The number of nitrogens with one attached hydrogen (secondary N) is 2. The maximum atomic E-state index is 11.7. The number of aryl methyl sites for hydroxylation is 1. The Morgan fingerprint density at radius 3 is 2.77 bits per heavy atom. The molecule has 0 spiro atoms. The maximum Gasteiger partial charge on any atom is 0.318 e. The molecule has 0 unspecified atom stereocenters. The van der Waals surface area contributed by atoms with Crippen LogP contribution in [0.25, 0.3) is 6.08 Å². The molecule has 2 amide bonds. The summed E-state index contributed by atoms with van der Waals surface area (Å²) in [5.74, 6) is 0. The predicted octanol–water partition coefficient (Wildman–Crippen LogP) is 4.27. The Hall–Kier alpha value is -2.07. The van der Waals surface area contributed by atoms with E-state index in [-0.39, 0.29) is 6.03 Å². The minimum Gasteiger partial charge on any atom is -0.338 e. The average Bonchev–Trinajstić information content (AvgIpc) is 2.49. The van der Waals surface area contributed by atoms with Crippen LogP contribution < -0.4 is 10.6 Å². The molecule has 0 heterocycles. The summed E-state index contributed by atoms with van der Waals surface area (Å²) in [6, 6.07) is 15.9. The number of hydrogen-bond donors (Lipinski definition) is 2. The molecular weight excluding hydrogens is 340 g/mol. The van der Waals surface area contributed by atoms with Gasteiger partial charge in [-0.1, -0.05) is 64.0 Å². The molecule has 2 aromatic rings. The summed E-state index contributed by atoms with van der Waals surface area (Å²) < 4.78 is 0.993. The fourth-order valence-electron chi connectivity index (χ4n) is 2.06. The first-order valence-corrected chi connectivity index (χ1v) is 7.95. The zero-order valence-electron chi connectivity index (χ0n) is 12.5. The predicted molar refractivity (Wildman–Crippen MR) is 94.6 cm³/mol. The van der Waals surface area contributed by atoms with Crippen LogP contribution in [-0.4, -0.2) is 12.6 Å². The molecule has 2 N–H and O–H groups in total. The van der Waals surface area contributed by atoms with Crippen LogP contribution in [0.3, 0.4) is 0 Å². The maximum absolute atomic E-state index is 11.7. The second kappa shape index (κ2) is 8.39. The van der Waals surface area contributed by atoms with Crippen molar-refractivity contribution in [3.63, 3.8) is 0 Å². The van der Waals surface area contributed by atoms with Gasteiger partial charge >= 0.3 is 6.03 Å². The molecule has 22 heavy (non-hydrogen) atoms. The first-order chi connectivity index (χ1) is 10.6. The zero-order chi connectivity index (χ0) is 15.8. The highest BCUT2D eigenvalue weighted by Crippen LogP contribution is 2.16. The van der Waals surface area contributed by atoms with Crippen molar-refractivity contribution in [2.75, 3.05) is 6.54 Å². The van der Waals surface area contributed by atoms with E-state index in [0.29, 0.717) is 6.54 Å². The molecular formula is C18H19BrN2O. The number of benzene rings is 2. The number of rotatable bonds is 5. The van der Waals surface area contributed by atoms with E-state index in [1.165, 1.54) is 11.1 Å². The van der Waals surface area contributed by atoms with Crippen molar-refractivity contribution in [1.82, 2.24) is 10.6 Å². The highest BCUT2D eigenvalue weighted by atomic mass is 79.9. The van der Waals surface area contributed by atoms with E-state index in [1.807, 2.05) is 36.4 Å². The number of carbonyl (C=O) groups is 1. The largest absolute Gasteiger partial charge is 0.338 e. The molecule has 0 bridgehead atoms. The van der Waals surface area contributed by atoms with Crippen LogP contribution in [0.1, 0.15) is 16.7 Å². The Morgan fingerprint density at radius 2 is 2.00 bits per heavy atom. The third kappa shape index (κ3) is 5.37. The van der Waals surface area contributed by atoms with Crippen molar-refractivity contribution in [3.05, 3.63) is 75.9 Å². The summed E-state index contributed by atoms with van der Waals surface area (Å²) in [6.07, 6.45) is 4.31. The van der Waals surface area contributed by atoms with Gasteiger partial charge in [0, 0.05) is 17.2 Å².